The fraction of sp³-hybridized carbons (Fsp3) is 0.583. The number of ether oxygens (including phenoxy) is 1. The van der Waals surface area contributed by atoms with Crippen molar-refractivity contribution in [1.82, 2.24) is 10.3 Å². The number of aryl methyl sites for hydroxylation is 1. The van der Waals surface area contributed by atoms with E-state index < -0.39 is 11.0 Å². The third-order valence-electron chi connectivity index (χ3n) is 8.88. The van der Waals surface area contributed by atoms with Crippen LogP contribution >= 0.6 is 0 Å². The summed E-state index contributed by atoms with van der Waals surface area (Å²) < 4.78 is 6.09. The molecule has 4 rings (SSSR count). The zero-order valence-electron chi connectivity index (χ0n) is 26.9. The van der Waals surface area contributed by atoms with Gasteiger partial charge >= 0.3 is 0 Å². The molecule has 228 valence electrons. The Bertz CT molecular complexity index is 1250. The van der Waals surface area contributed by atoms with E-state index in [0.29, 0.717) is 18.2 Å². The maximum absolute atomic E-state index is 13.2. The average molecular weight is 574 g/mol. The third-order valence-corrected chi connectivity index (χ3v) is 8.88. The molecule has 0 spiro atoms. The Labute approximate surface area is 253 Å². The quantitative estimate of drug-likeness (QED) is 0.301. The lowest BCUT2D eigenvalue weighted by Gasteiger charge is -2.28. The van der Waals surface area contributed by atoms with Crippen molar-refractivity contribution in [1.29, 1.82) is 0 Å². The maximum atomic E-state index is 13.2. The minimum Gasteiger partial charge on any atom is -0.478 e. The van der Waals surface area contributed by atoms with Crippen LogP contribution in [0.1, 0.15) is 110 Å². The van der Waals surface area contributed by atoms with E-state index in [4.69, 9.17) is 9.84 Å². The van der Waals surface area contributed by atoms with Crippen LogP contribution in [0.2, 0.25) is 0 Å². The molecule has 1 N–H and O–H groups in total. The highest BCUT2D eigenvalue weighted by atomic mass is 16.5. The number of carbonyl (C=O) groups is 2. The Morgan fingerprint density at radius 1 is 0.929 bits per heavy atom. The molecule has 2 aromatic rings. The van der Waals surface area contributed by atoms with Gasteiger partial charge < -0.3 is 10.1 Å². The number of rotatable bonds is 11. The molecule has 2 aromatic carbocycles. The minimum absolute atomic E-state index is 0.0595. The van der Waals surface area contributed by atoms with E-state index in [1.165, 1.54) is 43.2 Å². The lowest BCUT2D eigenvalue weighted by molar-refractivity contribution is -0.135. The van der Waals surface area contributed by atoms with Crippen LogP contribution in [0, 0.1) is 11.3 Å². The highest BCUT2D eigenvalue weighted by molar-refractivity contribution is 6.11. The Kier molecular flexibility index (Phi) is 9.84. The second-order valence-corrected chi connectivity index (χ2v) is 14.3. The standard InChI is InChI=1S/C36H51N3O3/c1-34(2,3)29-20-16-28(17-21-29)25-39-33(41)35(4,5)31(38-39)15-11-14-26-18-22-30(23-19-26)42-36(6,7)32(40)37-24-27-12-9-8-10-13-27/h16-23,27H,8-15,24-25H2,1-7H3,(H,37,40). The molecular formula is C36H51N3O3. The van der Waals surface area contributed by atoms with Gasteiger partial charge in [0, 0.05) is 6.54 Å². The first-order chi connectivity index (χ1) is 19.8. The summed E-state index contributed by atoms with van der Waals surface area (Å²) in [5.74, 6) is 1.27. The minimum atomic E-state index is -0.935. The molecule has 0 saturated heterocycles. The van der Waals surface area contributed by atoms with Gasteiger partial charge in [-0.05, 0) is 100.0 Å². The van der Waals surface area contributed by atoms with E-state index in [-0.39, 0.29) is 17.2 Å². The lowest BCUT2D eigenvalue weighted by Crippen LogP contribution is -2.47. The van der Waals surface area contributed by atoms with Crippen molar-refractivity contribution in [3.63, 3.8) is 0 Å². The van der Waals surface area contributed by atoms with Gasteiger partial charge in [-0.3, -0.25) is 9.59 Å². The smallest absolute Gasteiger partial charge is 0.263 e. The van der Waals surface area contributed by atoms with Gasteiger partial charge in [0.25, 0.3) is 11.8 Å². The fourth-order valence-corrected chi connectivity index (χ4v) is 5.88. The van der Waals surface area contributed by atoms with Crippen LogP contribution in [0.3, 0.4) is 0 Å². The number of carbonyl (C=O) groups excluding carboxylic acids is 2. The summed E-state index contributed by atoms with van der Waals surface area (Å²) >= 11 is 0. The van der Waals surface area contributed by atoms with Crippen LogP contribution in [-0.2, 0) is 28.0 Å². The molecule has 1 aliphatic carbocycles. The predicted octanol–water partition coefficient (Wildman–Crippen LogP) is 7.59. The number of nitrogens with one attached hydrogen (secondary N) is 1. The SMILES string of the molecule is CC(C)(Oc1ccc(CCCC2=NN(Cc3ccc(C(C)(C)C)cc3)C(=O)C2(C)C)cc1)C(=O)NCC1CCCCC1. The van der Waals surface area contributed by atoms with Gasteiger partial charge in [0.15, 0.2) is 5.60 Å². The van der Waals surface area contributed by atoms with E-state index in [0.717, 1.165) is 37.1 Å². The van der Waals surface area contributed by atoms with Crippen molar-refractivity contribution < 1.29 is 14.3 Å². The zero-order valence-corrected chi connectivity index (χ0v) is 26.9. The largest absolute Gasteiger partial charge is 0.478 e. The first kappa shape index (κ1) is 31.8. The van der Waals surface area contributed by atoms with Gasteiger partial charge in [0.05, 0.1) is 17.7 Å². The van der Waals surface area contributed by atoms with Crippen LogP contribution in [0.25, 0.3) is 0 Å². The van der Waals surface area contributed by atoms with Crippen LogP contribution in [-0.4, -0.2) is 34.7 Å². The van der Waals surface area contributed by atoms with Crippen molar-refractivity contribution in [2.75, 3.05) is 6.54 Å². The first-order valence-corrected chi connectivity index (χ1v) is 15.8. The van der Waals surface area contributed by atoms with Gasteiger partial charge in [0.2, 0.25) is 0 Å². The van der Waals surface area contributed by atoms with Crippen LogP contribution in [0.5, 0.6) is 5.75 Å². The molecule has 0 unspecified atom stereocenters. The Hall–Kier alpha value is -3.15. The predicted molar refractivity (Wildman–Crippen MR) is 171 cm³/mol. The molecule has 42 heavy (non-hydrogen) atoms. The second kappa shape index (κ2) is 13.0. The van der Waals surface area contributed by atoms with Crippen molar-refractivity contribution >= 4 is 17.5 Å². The third kappa shape index (κ3) is 8.02. The Morgan fingerprint density at radius 3 is 2.17 bits per heavy atom. The van der Waals surface area contributed by atoms with Crippen molar-refractivity contribution in [2.24, 2.45) is 16.4 Å². The molecule has 6 nitrogen and oxygen atoms in total. The van der Waals surface area contributed by atoms with E-state index in [1.54, 1.807) is 5.01 Å². The summed E-state index contributed by atoms with van der Waals surface area (Å²) in [7, 11) is 0. The Balaban J connectivity index is 1.26. The molecular weight excluding hydrogens is 522 g/mol. The summed E-state index contributed by atoms with van der Waals surface area (Å²) in [6, 6.07) is 16.5. The lowest BCUT2D eigenvalue weighted by atomic mass is 9.84. The summed E-state index contributed by atoms with van der Waals surface area (Å²) in [6.45, 7) is 15.5. The number of amides is 2. The molecule has 1 fully saturated rings. The molecule has 0 atom stereocenters. The second-order valence-electron chi connectivity index (χ2n) is 14.3. The van der Waals surface area contributed by atoms with Crippen LogP contribution in [0.15, 0.2) is 53.6 Å². The highest BCUT2D eigenvalue weighted by Crippen LogP contribution is 2.32. The summed E-state index contributed by atoms with van der Waals surface area (Å²) in [4.78, 5) is 26.0. The fourth-order valence-electron chi connectivity index (χ4n) is 5.88. The maximum Gasteiger partial charge on any atom is 0.263 e. The molecule has 2 aliphatic rings. The number of nitrogens with zero attached hydrogens (tertiary/aromatic N) is 2. The van der Waals surface area contributed by atoms with Gasteiger partial charge in [-0.2, -0.15) is 5.10 Å². The number of hydrogen-bond acceptors (Lipinski definition) is 4. The van der Waals surface area contributed by atoms with E-state index >= 15 is 0 Å². The van der Waals surface area contributed by atoms with Crippen molar-refractivity contribution in [3.05, 3.63) is 65.2 Å². The van der Waals surface area contributed by atoms with E-state index in [1.807, 2.05) is 39.8 Å². The van der Waals surface area contributed by atoms with Crippen molar-refractivity contribution in [3.8, 4) is 5.75 Å². The molecule has 1 heterocycles. The van der Waals surface area contributed by atoms with Crippen LogP contribution < -0.4 is 10.1 Å². The molecule has 1 saturated carbocycles. The monoisotopic (exact) mass is 573 g/mol. The summed E-state index contributed by atoms with van der Waals surface area (Å²) in [5, 5.41) is 9.53. The molecule has 0 aromatic heterocycles. The Morgan fingerprint density at radius 2 is 1.55 bits per heavy atom. The normalized spacial score (nSPS) is 17.7. The van der Waals surface area contributed by atoms with E-state index in [9.17, 15) is 9.59 Å². The van der Waals surface area contributed by atoms with Gasteiger partial charge in [-0.1, -0.05) is 76.4 Å². The highest BCUT2D eigenvalue weighted by Gasteiger charge is 2.42. The van der Waals surface area contributed by atoms with Crippen LogP contribution in [0.4, 0.5) is 0 Å². The summed E-state index contributed by atoms with van der Waals surface area (Å²) in [5.41, 5.74) is 3.08. The van der Waals surface area contributed by atoms with Gasteiger partial charge in [0.1, 0.15) is 5.75 Å². The number of hydrazone groups is 1. The molecule has 6 heteroatoms. The average Bonchev–Trinajstić information content (AvgIpc) is 3.15. The molecule has 1 aliphatic heterocycles. The topological polar surface area (TPSA) is 71.0 Å². The van der Waals surface area contributed by atoms with E-state index in [2.05, 4.69) is 62.5 Å². The van der Waals surface area contributed by atoms with Crippen molar-refractivity contribution in [2.45, 2.75) is 117 Å². The van der Waals surface area contributed by atoms with Gasteiger partial charge in [-0.15, -0.1) is 0 Å². The summed E-state index contributed by atoms with van der Waals surface area (Å²) in [6.07, 6.45) is 8.80. The number of benzene rings is 2. The van der Waals surface area contributed by atoms with Gasteiger partial charge in [-0.25, -0.2) is 5.01 Å². The molecule has 2 amide bonds. The molecule has 0 bridgehead atoms. The number of hydrogen-bond donors (Lipinski definition) is 1. The molecule has 0 radical (unpaired) electrons. The zero-order chi connectivity index (χ0) is 30.5. The first-order valence-electron chi connectivity index (χ1n) is 15.8.